The molecule has 0 radical (unpaired) electrons. The third-order valence-electron chi connectivity index (χ3n) is 3.56. The lowest BCUT2D eigenvalue weighted by Gasteiger charge is -2.11. The van der Waals surface area contributed by atoms with Crippen molar-refractivity contribution < 1.29 is 0 Å². The van der Waals surface area contributed by atoms with Gasteiger partial charge in [-0.15, -0.1) is 0 Å². The number of aromatic amines is 1. The van der Waals surface area contributed by atoms with Crippen molar-refractivity contribution in [2.45, 2.75) is 0 Å². The average molecular weight is 312 g/mol. The summed E-state index contributed by atoms with van der Waals surface area (Å²) in [6.45, 7) is 4.56. The maximum atomic E-state index is 5.34. The maximum absolute atomic E-state index is 5.34. The van der Waals surface area contributed by atoms with E-state index in [4.69, 9.17) is 12.2 Å². The van der Waals surface area contributed by atoms with Crippen LogP contribution in [0, 0.1) is 4.77 Å². The van der Waals surface area contributed by atoms with Crippen LogP contribution in [0.5, 0.6) is 0 Å². The fraction of sp³-hybridized carbons (Fsp3) is 0.235. The van der Waals surface area contributed by atoms with Gasteiger partial charge in [0.05, 0.1) is 11.0 Å². The number of piperazine rings is 1. The van der Waals surface area contributed by atoms with Gasteiger partial charge in [0.2, 0.25) is 0 Å². The van der Waals surface area contributed by atoms with Crippen LogP contribution in [-0.2, 0) is 0 Å². The van der Waals surface area contributed by atoms with Crippen molar-refractivity contribution in [3.05, 3.63) is 59.4 Å². The highest BCUT2D eigenvalue weighted by Crippen LogP contribution is 2.18. The molecule has 5 heteroatoms. The number of H-pyrrole nitrogens is 1. The summed E-state index contributed by atoms with van der Waals surface area (Å²) in [4.78, 5) is 3.20. The second-order valence-corrected chi connectivity index (χ2v) is 5.50. The van der Waals surface area contributed by atoms with Crippen molar-refractivity contribution >= 4 is 23.3 Å². The Bertz CT molecular complexity index is 760. The van der Waals surface area contributed by atoms with Gasteiger partial charge < -0.3 is 15.6 Å². The highest BCUT2D eigenvalue weighted by atomic mass is 32.1. The molecule has 0 saturated carbocycles. The highest BCUT2D eigenvalue weighted by Gasteiger charge is 2.04. The molecular weight excluding hydrogens is 292 g/mol. The van der Waals surface area contributed by atoms with Crippen molar-refractivity contribution in [1.82, 2.24) is 20.2 Å². The first-order chi connectivity index (χ1) is 10.9. The van der Waals surface area contributed by atoms with Gasteiger partial charge in [-0.25, -0.2) is 0 Å². The van der Waals surface area contributed by atoms with Gasteiger partial charge in [-0.2, -0.15) is 0 Å². The molecule has 2 aromatic carbocycles. The number of para-hydroxylation sites is 3. The minimum atomic E-state index is 0.729. The largest absolute Gasteiger partial charge is 0.330 e. The number of hydrogen-bond donors (Lipinski definition) is 3. The van der Waals surface area contributed by atoms with E-state index in [2.05, 4.69) is 33.8 Å². The number of nitrogens with one attached hydrogen (secondary N) is 3. The number of aromatic nitrogens is 2. The topological polar surface area (TPSA) is 44.8 Å². The number of rotatable bonds is 1. The molecule has 22 heavy (non-hydrogen) atoms. The number of hydrogen-bond acceptors (Lipinski definition) is 3. The Morgan fingerprint density at radius 3 is 2.00 bits per heavy atom. The summed E-state index contributed by atoms with van der Waals surface area (Å²) in [5, 5.41) is 6.44. The Balaban J connectivity index is 0.000000202. The van der Waals surface area contributed by atoms with Crippen LogP contribution in [-0.4, -0.2) is 35.7 Å². The van der Waals surface area contributed by atoms with E-state index in [1.807, 2.05) is 41.0 Å². The summed E-state index contributed by atoms with van der Waals surface area (Å²) < 4.78 is 2.78. The molecule has 1 saturated heterocycles. The smallest absolute Gasteiger partial charge is 0.182 e. The van der Waals surface area contributed by atoms with Gasteiger partial charge in [-0.05, 0) is 36.5 Å². The third kappa shape index (κ3) is 3.44. The van der Waals surface area contributed by atoms with E-state index >= 15 is 0 Å². The summed E-state index contributed by atoms with van der Waals surface area (Å²) in [5.74, 6) is 0. The Morgan fingerprint density at radius 2 is 1.36 bits per heavy atom. The monoisotopic (exact) mass is 312 g/mol. The lowest BCUT2D eigenvalue weighted by Crippen LogP contribution is -2.39. The Labute approximate surface area is 135 Å². The Hall–Kier alpha value is -1.95. The zero-order valence-electron chi connectivity index (χ0n) is 12.4. The zero-order chi connectivity index (χ0) is 15.2. The predicted octanol–water partition coefficient (Wildman–Crippen LogP) is 2.87. The van der Waals surface area contributed by atoms with Crippen LogP contribution < -0.4 is 10.6 Å². The highest BCUT2D eigenvalue weighted by molar-refractivity contribution is 7.71. The molecule has 114 valence electrons. The van der Waals surface area contributed by atoms with Gasteiger partial charge in [-0.3, -0.25) is 4.57 Å². The van der Waals surface area contributed by atoms with E-state index in [1.54, 1.807) is 0 Å². The van der Waals surface area contributed by atoms with Crippen molar-refractivity contribution in [2.24, 2.45) is 0 Å². The number of imidazole rings is 1. The molecule has 0 spiro atoms. The molecule has 1 aliphatic rings. The molecule has 1 fully saturated rings. The normalized spacial score (nSPS) is 14.4. The Kier molecular flexibility index (Phi) is 5.00. The quantitative estimate of drug-likeness (QED) is 0.606. The molecule has 0 unspecified atom stereocenters. The van der Waals surface area contributed by atoms with E-state index in [-0.39, 0.29) is 0 Å². The van der Waals surface area contributed by atoms with Gasteiger partial charge in [-0.1, -0.05) is 30.3 Å². The zero-order valence-corrected chi connectivity index (χ0v) is 13.2. The second-order valence-electron chi connectivity index (χ2n) is 5.12. The molecule has 1 aromatic heterocycles. The molecule has 3 N–H and O–H groups in total. The fourth-order valence-electron chi connectivity index (χ4n) is 2.49. The van der Waals surface area contributed by atoms with Gasteiger partial charge >= 0.3 is 0 Å². The molecule has 0 aliphatic carbocycles. The minimum absolute atomic E-state index is 0.729. The van der Waals surface area contributed by atoms with Crippen LogP contribution >= 0.6 is 12.2 Å². The first-order valence-electron chi connectivity index (χ1n) is 7.53. The molecule has 1 aliphatic heterocycles. The summed E-state index contributed by atoms with van der Waals surface area (Å²) in [6, 6.07) is 18.2. The van der Waals surface area contributed by atoms with Crippen LogP contribution in [0.3, 0.4) is 0 Å². The van der Waals surface area contributed by atoms with Crippen molar-refractivity contribution in [3.63, 3.8) is 0 Å². The summed E-state index contributed by atoms with van der Waals surface area (Å²) in [6.07, 6.45) is 0. The van der Waals surface area contributed by atoms with E-state index in [0.29, 0.717) is 0 Å². The van der Waals surface area contributed by atoms with E-state index in [0.717, 1.165) is 47.7 Å². The summed E-state index contributed by atoms with van der Waals surface area (Å²) >= 11 is 5.34. The summed E-state index contributed by atoms with van der Waals surface area (Å²) in [7, 11) is 0. The van der Waals surface area contributed by atoms with Crippen LogP contribution in [0.4, 0.5) is 0 Å². The molecular formula is C17H20N4S. The number of fused-ring (bicyclic) bond motifs is 1. The van der Waals surface area contributed by atoms with Gasteiger partial charge in [0.1, 0.15) is 0 Å². The molecule has 0 bridgehead atoms. The Morgan fingerprint density at radius 1 is 0.773 bits per heavy atom. The van der Waals surface area contributed by atoms with E-state index < -0.39 is 0 Å². The number of benzene rings is 2. The molecule has 2 heterocycles. The van der Waals surface area contributed by atoms with Gasteiger partial charge in [0, 0.05) is 31.9 Å². The average Bonchev–Trinajstić information content (AvgIpc) is 2.93. The SMILES string of the molecule is C1CNCCN1.S=c1[nH]c2ccccc2n1-c1ccccc1. The van der Waals surface area contributed by atoms with E-state index in [1.165, 1.54) is 0 Å². The molecule has 0 amide bonds. The molecule has 4 rings (SSSR count). The molecule has 0 atom stereocenters. The van der Waals surface area contributed by atoms with Crippen LogP contribution in [0.2, 0.25) is 0 Å². The van der Waals surface area contributed by atoms with E-state index in [9.17, 15) is 0 Å². The van der Waals surface area contributed by atoms with Crippen molar-refractivity contribution in [3.8, 4) is 5.69 Å². The maximum Gasteiger partial charge on any atom is 0.182 e. The van der Waals surface area contributed by atoms with Crippen LogP contribution in [0.15, 0.2) is 54.6 Å². The second kappa shape index (κ2) is 7.35. The third-order valence-corrected chi connectivity index (χ3v) is 3.85. The van der Waals surface area contributed by atoms with Crippen molar-refractivity contribution in [1.29, 1.82) is 0 Å². The molecule has 3 aromatic rings. The standard InChI is InChI=1S/C13H10N2S.C4H10N2/c16-13-14-11-8-4-5-9-12(11)15(13)10-6-2-1-3-7-10;1-2-6-4-3-5-1/h1-9H,(H,14,16);5-6H,1-4H2. The first kappa shape index (κ1) is 15.0. The first-order valence-corrected chi connectivity index (χ1v) is 7.94. The van der Waals surface area contributed by atoms with Gasteiger partial charge in [0.25, 0.3) is 0 Å². The lowest BCUT2D eigenvalue weighted by atomic mass is 10.3. The molecule has 4 nitrogen and oxygen atoms in total. The summed E-state index contributed by atoms with van der Waals surface area (Å²) in [5.41, 5.74) is 3.26. The minimum Gasteiger partial charge on any atom is -0.330 e. The fourth-order valence-corrected chi connectivity index (χ4v) is 2.81. The van der Waals surface area contributed by atoms with Gasteiger partial charge in [0.15, 0.2) is 4.77 Å². The van der Waals surface area contributed by atoms with Crippen LogP contribution in [0.1, 0.15) is 0 Å². The predicted molar refractivity (Wildman–Crippen MR) is 94.2 cm³/mol. The van der Waals surface area contributed by atoms with Crippen LogP contribution in [0.25, 0.3) is 16.7 Å². The van der Waals surface area contributed by atoms with Crippen molar-refractivity contribution in [2.75, 3.05) is 26.2 Å². The lowest BCUT2D eigenvalue weighted by molar-refractivity contribution is 0.534. The number of nitrogens with zero attached hydrogens (tertiary/aromatic N) is 1.